The van der Waals surface area contributed by atoms with E-state index < -0.39 is 0 Å². The molecule has 0 aliphatic carbocycles. The van der Waals surface area contributed by atoms with Crippen molar-refractivity contribution in [3.05, 3.63) is 77.2 Å². The standard InChI is InChI=1S/C20H21ClNO/c1-15-6-8-17(9-7-15)20(23)22-12-10-16(11-13-22)14-18-4-2-3-5-19(18)21/h2-9,16H,1,10-14H2. The van der Waals surface area contributed by atoms with Gasteiger partial charge in [-0.25, -0.2) is 0 Å². The van der Waals surface area contributed by atoms with Crippen LogP contribution in [0.25, 0.3) is 0 Å². The molecule has 0 bridgehead atoms. The van der Waals surface area contributed by atoms with Crippen LogP contribution in [0, 0.1) is 12.8 Å². The van der Waals surface area contributed by atoms with Crippen molar-refractivity contribution in [2.24, 2.45) is 5.92 Å². The van der Waals surface area contributed by atoms with Crippen LogP contribution in [-0.4, -0.2) is 23.9 Å². The van der Waals surface area contributed by atoms with E-state index in [2.05, 4.69) is 13.0 Å². The molecule has 0 atom stereocenters. The number of halogens is 1. The van der Waals surface area contributed by atoms with Gasteiger partial charge in [-0.3, -0.25) is 4.79 Å². The Morgan fingerprint density at radius 3 is 2.39 bits per heavy atom. The molecule has 1 saturated heterocycles. The average molecular weight is 327 g/mol. The SMILES string of the molecule is [CH2]c1ccc(C(=O)N2CCC(Cc3ccccc3Cl)CC2)cc1. The lowest BCUT2D eigenvalue weighted by Gasteiger charge is -2.32. The molecule has 0 saturated carbocycles. The molecule has 0 spiro atoms. The van der Waals surface area contributed by atoms with E-state index >= 15 is 0 Å². The van der Waals surface area contributed by atoms with Crippen molar-refractivity contribution in [2.75, 3.05) is 13.1 Å². The van der Waals surface area contributed by atoms with Crippen molar-refractivity contribution < 1.29 is 4.79 Å². The topological polar surface area (TPSA) is 20.3 Å². The lowest BCUT2D eigenvalue weighted by Crippen LogP contribution is -2.38. The predicted molar refractivity (Wildman–Crippen MR) is 94.7 cm³/mol. The molecule has 1 heterocycles. The zero-order chi connectivity index (χ0) is 16.2. The zero-order valence-electron chi connectivity index (χ0n) is 13.2. The maximum absolute atomic E-state index is 12.5. The fourth-order valence-corrected chi connectivity index (χ4v) is 3.36. The fourth-order valence-electron chi connectivity index (χ4n) is 3.15. The van der Waals surface area contributed by atoms with Crippen molar-refractivity contribution in [3.63, 3.8) is 0 Å². The van der Waals surface area contributed by atoms with Gasteiger partial charge in [0.2, 0.25) is 0 Å². The van der Waals surface area contributed by atoms with Crippen LogP contribution in [0.1, 0.15) is 34.3 Å². The third-order valence-corrected chi connectivity index (χ3v) is 4.94. The second kappa shape index (κ2) is 7.18. The Morgan fingerprint density at radius 1 is 1.09 bits per heavy atom. The second-order valence-electron chi connectivity index (χ2n) is 6.23. The van der Waals surface area contributed by atoms with Crippen LogP contribution in [0.5, 0.6) is 0 Å². The first kappa shape index (κ1) is 16.1. The molecule has 1 aliphatic heterocycles. The third-order valence-electron chi connectivity index (χ3n) is 4.57. The number of hydrogen-bond donors (Lipinski definition) is 0. The van der Waals surface area contributed by atoms with E-state index in [0.29, 0.717) is 5.92 Å². The van der Waals surface area contributed by atoms with Crippen LogP contribution in [-0.2, 0) is 6.42 Å². The van der Waals surface area contributed by atoms with E-state index in [1.54, 1.807) is 0 Å². The minimum atomic E-state index is 0.126. The number of benzene rings is 2. The molecule has 2 aromatic carbocycles. The Balaban J connectivity index is 1.57. The van der Waals surface area contributed by atoms with Crippen LogP contribution in [0.3, 0.4) is 0 Å². The van der Waals surface area contributed by atoms with Crippen LogP contribution < -0.4 is 0 Å². The van der Waals surface area contributed by atoms with Gasteiger partial charge in [-0.1, -0.05) is 41.9 Å². The molecular formula is C20H21ClNO. The largest absolute Gasteiger partial charge is 0.339 e. The summed E-state index contributed by atoms with van der Waals surface area (Å²) in [4.78, 5) is 14.5. The highest BCUT2D eigenvalue weighted by atomic mass is 35.5. The number of rotatable bonds is 3. The smallest absolute Gasteiger partial charge is 0.253 e. The zero-order valence-corrected chi connectivity index (χ0v) is 13.9. The number of nitrogens with zero attached hydrogens (tertiary/aromatic N) is 1. The van der Waals surface area contributed by atoms with E-state index in [1.165, 1.54) is 5.56 Å². The molecule has 1 radical (unpaired) electrons. The number of carbonyl (C=O) groups excluding carboxylic acids is 1. The van der Waals surface area contributed by atoms with Crippen molar-refractivity contribution in [1.82, 2.24) is 4.90 Å². The number of hydrogen-bond acceptors (Lipinski definition) is 1. The molecule has 119 valence electrons. The van der Waals surface area contributed by atoms with Gasteiger partial charge in [0.25, 0.3) is 5.91 Å². The van der Waals surface area contributed by atoms with Crippen molar-refractivity contribution >= 4 is 17.5 Å². The number of piperidine rings is 1. The van der Waals surface area contributed by atoms with Crippen LogP contribution in [0.4, 0.5) is 0 Å². The van der Waals surface area contributed by atoms with Gasteiger partial charge >= 0.3 is 0 Å². The summed E-state index contributed by atoms with van der Waals surface area (Å²) < 4.78 is 0. The summed E-state index contributed by atoms with van der Waals surface area (Å²) in [5, 5.41) is 0.847. The summed E-state index contributed by atoms with van der Waals surface area (Å²) in [6, 6.07) is 15.5. The lowest BCUT2D eigenvalue weighted by molar-refractivity contribution is 0.0690. The maximum Gasteiger partial charge on any atom is 0.253 e. The van der Waals surface area contributed by atoms with Gasteiger partial charge in [0.1, 0.15) is 0 Å². The predicted octanol–water partition coefficient (Wildman–Crippen LogP) is 4.62. The maximum atomic E-state index is 12.5. The highest BCUT2D eigenvalue weighted by molar-refractivity contribution is 6.31. The van der Waals surface area contributed by atoms with E-state index in [9.17, 15) is 4.79 Å². The van der Waals surface area contributed by atoms with Crippen molar-refractivity contribution in [3.8, 4) is 0 Å². The summed E-state index contributed by atoms with van der Waals surface area (Å²) in [6.45, 7) is 5.49. The molecule has 1 aliphatic rings. The highest BCUT2D eigenvalue weighted by Crippen LogP contribution is 2.26. The van der Waals surface area contributed by atoms with Gasteiger partial charge in [-0.15, -0.1) is 0 Å². The minimum absolute atomic E-state index is 0.126. The summed E-state index contributed by atoms with van der Waals surface area (Å²) in [5.74, 6) is 0.724. The molecule has 0 N–H and O–H groups in total. The van der Waals surface area contributed by atoms with E-state index in [-0.39, 0.29) is 5.91 Å². The molecular weight excluding hydrogens is 306 g/mol. The van der Waals surface area contributed by atoms with Crippen LogP contribution >= 0.6 is 11.6 Å². The van der Waals surface area contributed by atoms with E-state index in [0.717, 1.165) is 48.5 Å². The van der Waals surface area contributed by atoms with Crippen molar-refractivity contribution in [2.45, 2.75) is 19.3 Å². The van der Waals surface area contributed by atoms with Crippen molar-refractivity contribution in [1.29, 1.82) is 0 Å². The van der Waals surface area contributed by atoms with Crippen LogP contribution in [0.15, 0.2) is 48.5 Å². The van der Waals surface area contributed by atoms with Gasteiger partial charge in [0, 0.05) is 23.7 Å². The van der Waals surface area contributed by atoms with E-state index in [1.807, 2.05) is 47.4 Å². The molecule has 0 aromatic heterocycles. The summed E-state index contributed by atoms with van der Waals surface area (Å²) >= 11 is 6.25. The number of amides is 1. The van der Waals surface area contributed by atoms with Gasteiger partial charge < -0.3 is 4.90 Å². The average Bonchev–Trinajstić information content (AvgIpc) is 2.58. The molecule has 3 heteroatoms. The summed E-state index contributed by atoms with van der Waals surface area (Å²) in [5.41, 5.74) is 2.90. The van der Waals surface area contributed by atoms with Gasteiger partial charge in [0.15, 0.2) is 0 Å². The van der Waals surface area contributed by atoms with Gasteiger partial charge in [-0.2, -0.15) is 0 Å². The number of carbonyl (C=O) groups is 1. The Labute approximate surface area is 143 Å². The van der Waals surface area contributed by atoms with Gasteiger partial charge in [-0.05, 0) is 61.4 Å². The molecule has 1 amide bonds. The first-order valence-electron chi connectivity index (χ1n) is 8.08. The number of likely N-dealkylation sites (tertiary alicyclic amines) is 1. The van der Waals surface area contributed by atoms with Crippen LogP contribution in [0.2, 0.25) is 5.02 Å². The Hall–Kier alpha value is -1.80. The Morgan fingerprint density at radius 2 is 1.74 bits per heavy atom. The van der Waals surface area contributed by atoms with E-state index in [4.69, 9.17) is 11.6 Å². The normalized spacial score (nSPS) is 15.7. The molecule has 2 aromatic rings. The lowest BCUT2D eigenvalue weighted by atomic mass is 9.90. The molecule has 1 fully saturated rings. The fraction of sp³-hybridized carbons (Fsp3) is 0.300. The monoisotopic (exact) mass is 326 g/mol. The minimum Gasteiger partial charge on any atom is -0.339 e. The molecule has 0 unspecified atom stereocenters. The highest BCUT2D eigenvalue weighted by Gasteiger charge is 2.24. The Bertz CT molecular complexity index is 672. The van der Waals surface area contributed by atoms with Gasteiger partial charge in [0.05, 0.1) is 0 Å². The quantitative estimate of drug-likeness (QED) is 0.806. The Kier molecular flexibility index (Phi) is 5.02. The molecule has 23 heavy (non-hydrogen) atoms. The first-order valence-corrected chi connectivity index (χ1v) is 8.46. The summed E-state index contributed by atoms with van der Waals surface area (Å²) in [7, 11) is 0. The molecule has 2 nitrogen and oxygen atoms in total. The first-order chi connectivity index (χ1) is 11.1. The summed E-state index contributed by atoms with van der Waals surface area (Å²) in [6.07, 6.45) is 3.06. The second-order valence-corrected chi connectivity index (χ2v) is 6.64. The third kappa shape index (κ3) is 3.94. The molecule has 3 rings (SSSR count).